The van der Waals surface area contributed by atoms with Crippen LogP contribution in [0.2, 0.25) is 0 Å². The fraction of sp³-hybridized carbons (Fsp3) is 0.267. The largest absolute Gasteiger partial charge is 0.448 e. The Morgan fingerprint density at radius 2 is 1.62 bits per heavy atom. The molecule has 4 heteroatoms. The van der Waals surface area contributed by atoms with Crippen molar-refractivity contribution in [2.75, 3.05) is 6.61 Å². The summed E-state index contributed by atoms with van der Waals surface area (Å²) in [6.45, 7) is 1.94. The molecule has 170 valence electrons. The summed E-state index contributed by atoms with van der Waals surface area (Å²) in [5, 5.41) is 0. The second-order valence-corrected chi connectivity index (χ2v) is 9.54. The molecule has 6 rings (SSSR count). The Balaban J connectivity index is 1.20. The molecule has 4 nitrogen and oxygen atoms in total. The summed E-state index contributed by atoms with van der Waals surface area (Å²) in [5.41, 5.74) is 7.95. The number of Topliss-reactive ketones (excluding diaryl/α,β-unsaturated/α-hetero) is 1. The number of hydrogen-bond donors (Lipinski definition) is 0. The maximum absolute atomic E-state index is 13.3. The minimum absolute atomic E-state index is 0.0467. The molecule has 1 amide bonds. The van der Waals surface area contributed by atoms with Crippen LogP contribution < -0.4 is 0 Å². The van der Waals surface area contributed by atoms with Gasteiger partial charge in [0.25, 0.3) is 0 Å². The van der Waals surface area contributed by atoms with Crippen molar-refractivity contribution in [2.24, 2.45) is 0 Å². The van der Waals surface area contributed by atoms with Gasteiger partial charge in [-0.15, -0.1) is 0 Å². The van der Waals surface area contributed by atoms with Gasteiger partial charge in [0.1, 0.15) is 6.61 Å². The van der Waals surface area contributed by atoms with Crippen LogP contribution in [0.4, 0.5) is 4.79 Å². The first-order valence-electron chi connectivity index (χ1n) is 12.1. The molecule has 2 bridgehead atoms. The predicted molar refractivity (Wildman–Crippen MR) is 133 cm³/mol. The third-order valence-electron chi connectivity index (χ3n) is 7.58. The van der Waals surface area contributed by atoms with Gasteiger partial charge in [-0.1, -0.05) is 72.8 Å². The third kappa shape index (κ3) is 3.45. The fourth-order valence-electron chi connectivity index (χ4n) is 5.94. The highest BCUT2D eigenvalue weighted by atomic mass is 16.6. The van der Waals surface area contributed by atoms with Crippen molar-refractivity contribution in [1.29, 1.82) is 0 Å². The highest BCUT2D eigenvalue weighted by molar-refractivity contribution is 5.95. The van der Waals surface area contributed by atoms with Gasteiger partial charge >= 0.3 is 6.09 Å². The van der Waals surface area contributed by atoms with E-state index in [1.165, 1.54) is 27.8 Å². The number of carbonyl (C=O) groups is 2. The first kappa shape index (κ1) is 20.9. The summed E-state index contributed by atoms with van der Waals surface area (Å²) in [5.74, 6) is 0.140. The summed E-state index contributed by atoms with van der Waals surface area (Å²) in [7, 11) is 0. The van der Waals surface area contributed by atoms with Crippen LogP contribution in [0, 0.1) is 0 Å². The maximum atomic E-state index is 13.3. The van der Waals surface area contributed by atoms with Gasteiger partial charge in [0.15, 0.2) is 5.78 Å². The Morgan fingerprint density at radius 3 is 2.29 bits per heavy atom. The number of amides is 1. The van der Waals surface area contributed by atoms with Crippen molar-refractivity contribution in [3.63, 3.8) is 0 Å². The summed E-state index contributed by atoms with van der Waals surface area (Å²) in [6.07, 6.45) is 4.69. The molecule has 1 saturated heterocycles. The Bertz CT molecular complexity index is 1280. The van der Waals surface area contributed by atoms with E-state index in [2.05, 4.69) is 60.7 Å². The van der Waals surface area contributed by atoms with Gasteiger partial charge in [-0.3, -0.25) is 9.69 Å². The van der Waals surface area contributed by atoms with E-state index < -0.39 is 0 Å². The molecule has 1 aliphatic carbocycles. The van der Waals surface area contributed by atoms with Crippen LogP contribution in [-0.4, -0.2) is 35.5 Å². The first-order chi connectivity index (χ1) is 16.6. The van der Waals surface area contributed by atoms with E-state index in [9.17, 15) is 9.59 Å². The molecule has 0 radical (unpaired) electrons. The van der Waals surface area contributed by atoms with Gasteiger partial charge in [-0.25, -0.2) is 4.79 Å². The van der Waals surface area contributed by atoms with Crippen LogP contribution in [0.1, 0.15) is 59.2 Å². The number of rotatable bonds is 4. The van der Waals surface area contributed by atoms with E-state index >= 15 is 0 Å². The van der Waals surface area contributed by atoms with Gasteiger partial charge in [0, 0.05) is 17.5 Å². The van der Waals surface area contributed by atoms with Crippen molar-refractivity contribution in [1.82, 2.24) is 4.90 Å². The third-order valence-corrected chi connectivity index (χ3v) is 7.58. The minimum Gasteiger partial charge on any atom is -0.448 e. The molecule has 34 heavy (non-hydrogen) atoms. The number of fused-ring (bicyclic) bond motifs is 5. The molecule has 2 atom stereocenters. The van der Waals surface area contributed by atoms with E-state index in [1.807, 2.05) is 23.1 Å². The Labute approximate surface area is 199 Å². The number of ether oxygens (including phenoxy) is 1. The number of nitrogens with zero attached hydrogens (tertiary/aromatic N) is 1. The topological polar surface area (TPSA) is 46.6 Å². The lowest BCUT2D eigenvalue weighted by Gasteiger charge is -2.33. The second-order valence-electron chi connectivity index (χ2n) is 9.54. The molecule has 1 fully saturated rings. The van der Waals surface area contributed by atoms with Gasteiger partial charge in [-0.05, 0) is 65.6 Å². The Morgan fingerprint density at radius 1 is 0.912 bits per heavy atom. The summed E-state index contributed by atoms with van der Waals surface area (Å²) >= 11 is 0. The van der Waals surface area contributed by atoms with Crippen molar-refractivity contribution in [3.8, 4) is 11.1 Å². The molecule has 3 aromatic carbocycles. The SMILES string of the molecule is CC(=O)c1cccc(C2=CC3CCC(C2)N3C(=O)OCC2c3ccccc3-c3ccccc32)c1. The van der Waals surface area contributed by atoms with Crippen LogP contribution in [0.25, 0.3) is 16.7 Å². The number of ketones is 1. The van der Waals surface area contributed by atoms with Crippen LogP contribution in [0.15, 0.2) is 78.9 Å². The zero-order valence-corrected chi connectivity index (χ0v) is 19.2. The normalized spacial score (nSPS) is 20.5. The standard InChI is InChI=1S/C30H27NO3/c1-19(32)20-7-6-8-21(15-20)22-16-23-13-14-24(17-22)31(23)30(33)34-18-29-27-11-4-2-9-25(27)26-10-3-5-12-28(26)29/h2-12,15-16,23-24,29H,13-14,17-18H2,1H3. The van der Waals surface area contributed by atoms with Gasteiger partial charge in [-0.2, -0.15) is 0 Å². The zero-order chi connectivity index (χ0) is 23.2. The van der Waals surface area contributed by atoms with Crippen molar-refractivity contribution >= 4 is 17.4 Å². The predicted octanol–water partition coefficient (Wildman–Crippen LogP) is 6.46. The van der Waals surface area contributed by atoms with Crippen molar-refractivity contribution < 1.29 is 14.3 Å². The van der Waals surface area contributed by atoms with Crippen molar-refractivity contribution in [2.45, 2.75) is 44.2 Å². The molecule has 0 N–H and O–H groups in total. The lowest BCUT2D eigenvalue weighted by atomic mass is 9.93. The van der Waals surface area contributed by atoms with Crippen molar-refractivity contribution in [3.05, 3.63) is 101 Å². The van der Waals surface area contributed by atoms with Gasteiger partial charge in [0.2, 0.25) is 0 Å². The average Bonchev–Trinajstić information content (AvgIpc) is 3.33. The van der Waals surface area contributed by atoms with E-state index in [-0.39, 0.29) is 29.9 Å². The van der Waals surface area contributed by atoms with E-state index in [0.717, 1.165) is 30.4 Å². The number of hydrogen-bond acceptors (Lipinski definition) is 3. The first-order valence-corrected chi connectivity index (χ1v) is 12.1. The van der Waals surface area contributed by atoms with E-state index in [1.54, 1.807) is 6.92 Å². The second kappa shape index (κ2) is 8.28. The number of carbonyl (C=O) groups excluding carboxylic acids is 2. The minimum atomic E-state index is -0.220. The molecule has 2 unspecified atom stereocenters. The van der Waals surface area contributed by atoms with Crippen LogP contribution >= 0.6 is 0 Å². The monoisotopic (exact) mass is 449 g/mol. The molecule has 0 saturated carbocycles. The van der Waals surface area contributed by atoms with Gasteiger partial charge < -0.3 is 4.74 Å². The zero-order valence-electron chi connectivity index (χ0n) is 19.2. The Kier molecular flexibility index (Phi) is 5.09. The summed E-state index contributed by atoms with van der Waals surface area (Å²) < 4.78 is 5.96. The van der Waals surface area contributed by atoms with E-state index in [0.29, 0.717) is 6.61 Å². The maximum Gasteiger partial charge on any atom is 0.410 e. The molecular weight excluding hydrogens is 422 g/mol. The molecule has 3 aliphatic rings. The van der Waals surface area contributed by atoms with Gasteiger partial charge in [0.05, 0.1) is 6.04 Å². The fourth-order valence-corrected chi connectivity index (χ4v) is 5.94. The lowest BCUT2D eigenvalue weighted by molar-refractivity contribution is 0.0866. The summed E-state index contributed by atoms with van der Waals surface area (Å²) in [4.78, 5) is 27.0. The molecular formula is C30H27NO3. The lowest BCUT2D eigenvalue weighted by Crippen LogP contribution is -2.43. The van der Waals surface area contributed by atoms with Crippen LogP contribution in [0.5, 0.6) is 0 Å². The molecule has 2 aliphatic heterocycles. The Hall–Kier alpha value is -3.66. The van der Waals surface area contributed by atoms with E-state index in [4.69, 9.17) is 4.74 Å². The van der Waals surface area contributed by atoms with Crippen LogP contribution in [0.3, 0.4) is 0 Å². The molecule has 0 spiro atoms. The summed E-state index contributed by atoms with van der Waals surface area (Å²) in [6, 6.07) is 24.8. The number of benzene rings is 3. The molecule has 0 aromatic heterocycles. The molecule has 3 aromatic rings. The molecule has 2 heterocycles. The average molecular weight is 450 g/mol. The smallest absolute Gasteiger partial charge is 0.410 e. The highest BCUT2D eigenvalue weighted by Gasteiger charge is 2.41. The van der Waals surface area contributed by atoms with Crippen LogP contribution in [-0.2, 0) is 4.74 Å². The quantitative estimate of drug-likeness (QED) is 0.430. The highest BCUT2D eigenvalue weighted by Crippen LogP contribution is 2.45.